The number of nitrogens with zero attached hydrogens (tertiary/aromatic N) is 1. The number of benzene rings is 1. The maximum absolute atomic E-state index is 12.8. The quantitative estimate of drug-likeness (QED) is 0.524. The number of amides is 1. The number of methoxy groups -OCH3 is 1. The van der Waals surface area contributed by atoms with E-state index < -0.39 is 19.9 Å². The van der Waals surface area contributed by atoms with Crippen LogP contribution in [0.5, 0.6) is 0 Å². The van der Waals surface area contributed by atoms with Gasteiger partial charge in [-0.25, -0.2) is 9.59 Å². The van der Waals surface area contributed by atoms with Crippen LogP contribution in [0.25, 0.3) is 0 Å². The molecule has 2 fully saturated rings. The van der Waals surface area contributed by atoms with Crippen molar-refractivity contribution in [2.45, 2.75) is 70.0 Å². The smallest absolute Gasteiger partial charge is 0.411 e. The molecule has 0 bridgehead atoms. The molecule has 6 nitrogen and oxygen atoms in total. The lowest BCUT2D eigenvalue weighted by molar-refractivity contribution is -0.151. The second-order valence-electron chi connectivity index (χ2n) is 9.62. The van der Waals surface area contributed by atoms with Gasteiger partial charge in [-0.15, -0.1) is 0 Å². The van der Waals surface area contributed by atoms with E-state index in [0.29, 0.717) is 19.4 Å². The van der Waals surface area contributed by atoms with Crippen molar-refractivity contribution in [2.24, 2.45) is 5.92 Å². The fourth-order valence-electron chi connectivity index (χ4n) is 3.95. The average molecular weight is 420 g/mol. The fourth-order valence-corrected chi connectivity index (χ4v) is 5.34. The van der Waals surface area contributed by atoms with E-state index in [4.69, 9.17) is 13.9 Å². The summed E-state index contributed by atoms with van der Waals surface area (Å²) < 4.78 is 17.2. The van der Waals surface area contributed by atoms with E-state index in [1.165, 1.54) is 7.11 Å². The number of ether oxygens (including phenoxy) is 2. The molecule has 160 valence electrons. The molecule has 3 rings (SSSR count). The van der Waals surface area contributed by atoms with Crippen LogP contribution in [0.2, 0.25) is 18.1 Å². The maximum atomic E-state index is 12.8. The summed E-state index contributed by atoms with van der Waals surface area (Å²) in [7, 11) is -0.607. The lowest BCUT2D eigenvalue weighted by Crippen LogP contribution is -2.56. The number of hydrogen-bond acceptors (Lipinski definition) is 5. The van der Waals surface area contributed by atoms with Crippen LogP contribution in [0.15, 0.2) is 30.3 Å². The van der Waals surface area contributed by atoms with E-state index in [9.17, 15) is 9.59 Å². The van der Waals surface area contributed by atoms with Crippen LogP contribution < -0.4 is 0 Å². The lowest BCUT2D eigenvalue weighted by Gasteiger charge is -2.43. The van der Waals surface area contributed by atoms with Gasteiger partial charge in [0.05, 0.1) is 13.2 Å². The van der Waals surface area contributed by atoms with Gasteiger partial charge in [0.15, 0.2) is 8.32 Å². The Kier molecular flexibility index (Phi) is 5.84. The molecular formula is C22H33NO5Si. The molecule has 1 heterocycles. The molecule has 1 saturated carbocycles. The summed E-state index contributed by atoms with van der Waals surface area (Å²) in [5.74, 6) is -0.412. The normalized spacial score (nSPS) is 26.5. The highest BCUT2D eigenvalue weighted by Gasteiger charge is 2.71. The van der Waals surface area contributed by atoms with Gasteiger partial charge >= 0.3 is 12.1 Å². The van der Waals surface area contributed by atoms with Crippen LogP contribution in [-0.2, 0) is 25.3 Å². The zero-order chi connectivity index (χ0) is 21.4. The highest BCUT2D eigenvalue weighted by atomic mass is 28.4. The predicted molar refractivity (Wildman–Crippen MR) is 113 cm³/mol. The Morgan fingerprint density at radius 3 is 2.45 bits per heavy atom. The van der Waals surface area contributed by atoms with Crippen LogP contribution in [0.4, 0.5) is 4.79 Å². The second-order valence-corrected chi connectivity index (χ2v) is 14.4. The van der Waals surface area contributed by atoms with E-state index in [2.05, 4.69) is 33.9 Å². The molecule has 29 heavy (non-hydrogen) atoms. The molecule has 1 amide bonds. The molecule has 1 aromatic carbocycles. The van der Waals surface area contributed by atoms with Crippen LogP contribution in [-0.4, -0.2) is 50.6 Å². The molecule has 0 N–H and O–H groups in total. The Hall–Kier alpha value is -1.86. The molecule has 0 aromatic heterocycles. The summed E-state index contributed by atoms with van der Waals surface area (Å²) in [5.41, 5.74) is -0.0372. The van der Waals surface area contributed by atoms with Gasteiger partial charge in [0.25, 0.3) is 0 Å². The molecule has 1 aliphatic heterocycles. The summed E-state index contributed by atoms with van der Waals surface area (Å²) in [6.45, 7) is 11.7. The van der Waals surface area contributed by atoms with E-state index in [-0.39, 0.29) is 29.6 Å². The first-order valence-electron chi connectivity index (χ1n) is 10.3. The van der Waals surface area contributed by atoms with Crippen LogP contribution in [0.1, 0.15) is 39.2 Å². The minimum absolute atomic E-state index is 0.0341. The van der Waals surface area contributed by atoms with Crippen molar-refractivity contribution in [2.75, 3.05) is 13.7 Å². The van der Waals surface area contributed by atoms with Gasteiger partial charge < -0.3 is 13.9 Å². The third-order valence-electron chi connectivity index (χ3n) is 6.77. The summed E-state index contributed by atoms with van der Waals surface area (Å²) in [5, 5.41) is 0.0849. The topological polar surface area (TPSA) is 65.1 Å². The van der Waals surface area contributed by atoms with Gasteiger partial charge in [-0.2, -0.15) is 0 Å². The Bertz CT molecular complexity index is 760. The van der Waals surface area contributed by atoms with Crippen molar-refractivity contribution >= 4 is 20.4 Å². The number of likely N-dealkylation sites (tertiary alicyclic amines) is 1. The van der Waals surface area contributed by atoms with Crippen molar-refractivity contribution in [3.05, 3.63) is 35.9 Å². The maximum Gasteiger partial charge on any atom is 0.411 e. The van der Waals surface area contributed by atoms with E-state index >= 15 is 0 Å². The van der Waals surface area contributed by atoms with Crippen molar-refractivity contribution in [3.8, 4) is 0 Å². The lowest BCUT2D eigenvalue weighted by atomic mass is 10.00. The summed E-state index contributed by atoms with van der Waals surface area (Å²) >= 11 is 0. The third-order valence-corrected chi connectivity index (χ3v) is 11.3. The summed E-state index contributed by atoms with van der Waals surface area (Å²) in [6, 6.07) is 9.53. The Morgan fingerprint density at radius 2 is 1.86 bits per heavy atom. The Labute approximate surface area is 174 Å². The molecule has 1 saturated heterocycles. The van der Waals surface area contributed by atoms with Gasteiger partial charge in [-0.05, 0) is 36.5 Å². The number of rotatable bonds is 5. The van der Waals surface area contributed by atoms with Gasteiger partial charge in [-0.3, -0.25) is 4.90 Å². The molecule has 1 aromatic rings. The molecule has 0 spiro atoms. The minimum atomic E-state index is -1.98. The molecule has 1 aliphatic carbocycles. The number of esters is 1. The van der Waals surface area contributed by atoms with Crippen molar-refractivity contribution in [3.63, 3.8) is 0 Å². The van der Waals surface area contributed by atoms with Gasteiger partial charge in [0.1, 0.15) is 12.1 Å². The van der Waals surface area contributed by atoms with Crippen molar-refractivity contribution in [1.29, 1.82) is 0 Å². The van der Waals surface area contributed by atoms with Crippen LogP contribution in [0, 0.1) is 5.92 Å². The van der Waals surface area contributed by atoms with Crippen LogP contribution in [0.3, 0.4) is 0 Å². The molecule has 0 radical (unpaired) electrons. The predicted octanol–water partition coefficient (Wildman–Crippen LogP) is 4.35. The SMILES string of the molecule is COC(=O)[C@]12C[C@H]1[C@H](O[Si](C)(C)C(C)(C)C)CCN2C(=O)OCc1ccccc1. The van der Waals surface area contributed by atoms with Gasteiger partial charge in [0.2, 0.25) is 0 Å². The van der Waals surface area contributed by atoms with Gasteiger partial charge in [-0.1, -0.05) is 51.1 Å². The van der Waals surface area contributed by atoms with Gasteiger partial charge in [0, 0.05) is 12.5 Å². The van der Waals surface area contributed by atoms with E-state index in [1.807, 2.05) is 30.3 Å². The minimum Gasteiger partial charge on any atom is -0.467 e. The number of piperidine rings is 1. The van der Waals surface area contributed by atoms with Crippen molar-refractivity contribution < 1.29 is 23.5 Å². The Balaban J connectivity index is 1.73. The highest BCUT2D eigenvalue weighted by Crippen LogP contribution is 2.57. The molecule has 7 heteroatoms. The average Bonchev–Trinajstić information content (AvgIpc) is 3.43. The first-order valence-corrected chi connectivity index (χ1v) is 13.2. The van der Waals surface area contributed by atoms with E-state index in [0.717, 1.165) is 5.56 Å². The zero-order valence-corrected chi connectivity index (χ0v) is 19.4. The molecular weight excluding hydrogens is 386 g/mol. The van der Waals surface area contributed by atoms with Crippen LogP contribution >= 0.6 is 0 Å². The first-order chi connectivity index (χ1) is 13.5. The largest absolute Gasteiger partial charge is 0.467 e. The monoisotopic (exact) mass is 419 g/mol. The molecule has 0 unspecified atom stereocenters. The number of hydrogen-bond donors (Lipinski definition) is 0. The van der Waals surface area contributed by atoms with Crippen molar-refractivity contribution in [1.82, 2.24) is 4.90 Å². The first kappa shape index (κ1) is 21.8. The zero-order valence-electron chi connectivity index (χ0n) is 18.4. The number of carbonyl (C=O) groups excluding carboxylic acids is 2. The Morgan fingerprint density at radius 1 is 1.21 bits per heavy atom. The summed E-state index contributed by atoms with van der Waals surface area (Å²) in [6.07, 6.45) is 0.774. The molecule has 2 aliphatic rings. The highest BCUT2D eigenvalue weighted by molar-refractivity contribution is 6.74. The standard InChI is InChI=1S/C22H33NO5Si/c1-21(2,3)29(5,6)28-18-12-13-23(22(14-17(18)22)19(24)26-4)20(25)27-15-16-10-8-7-9-11-16/h7-11,17-18H,12-15H2,1-6H3/t17-,18+,22-/m0/s1. The second kappa shape index (κ2) is 7.76. The van der Waals surface area contributed by atoms with E-state index in [1.54, 1.807) is 4.90 Å². The fraction of sp³-hybridized carbons (Fsp3) is 0.636. The summed E-state index contributed by atoms with van der Waals surface area (Å²) in [4.78, 5) is 27.1. The third kappa shape index (κ3) is 4.07. The number of fused-ring (bicyclic) bond motifs is 1. The molecule has 3 atom stereocenters. The number of carbonyl (C=O) groups is 2.